The first-order chi connectivity index (χ1) is 6.00. The summed E-state index contributed by atoms with van der Waals surface area (Å²) in [6.45, 7) is 5.87. The molecule has 13 heavy (non-hydrogen) atoms. The highest BCUT2D eigenvalue weighted by atomic mass is 35.5. The molecular weight excluding hydrogens is 209 g/mol. The summed E-state index contributed by atoms with van der Waals surface area (Å²) in [5.41, 5.74) is 0. The van der Waals surface area contributed by atoms with Crippen molar-refractivity contribution in [2.75, 3.05) is 13.1 Å². The van der Waals surface area contributed by atoms with E-state index >= 15 is 0 Å². The third-order valence-electron chi connectivity index (χ3n) is 2.37. The SMILES string of the molecule is C[C@@H]1C[C@@H](C)CN(C(=O)C(Cl)Cl)C1. The second-order valence-corrected chi connectivity index (χ2v) is 5.09. The molecule has 0 aliphatic carbocycles. The number of halogens is 2. The molecular formula is C9H15Cl2NO. The maximum atomic E-state index is 11.5. The number of rotatable bonds is 1. The molecule has 1 saturated heterocycles. The molecule has 1 amide bonds. The Morgan fingerprint density at radius 1 is 1.31 bits per heavy atom. The van der Waals surface area contributed by atoms with Crippen LogP contribution in [-0.2, 0) is 4.79 Å². The Kier molecular flexibility index (Phi) is 3.87. The second kappa shape index (κ2) is 4.52. The van der Waals surface area contributed by atoms with Crippen molar-refractivity contribution in [1.29, 1.82) is 0 Å². The molecule has 0 aromatic carbocycles. The second-order valence-electron chi connectivity index (χ2n) is 3.99. The molecule has 0 saturated carbocycles. The van der Waals surface area contributed by atoms with E-state index in [0.717, 1.165) is 13.1 Å². The summed E-state index contributed by atoms with van der Waals surface area (Å²) in [6, 6.07) is 0. The minimum absolute atomic E-state index is 0.151. The van der Waals surface area contributed by atoms with Crippen LogP contribution < -0.4 is 0 Å². The smallest absolute Gasteiger partial charge is 0.255 e. The zero-order chi connectivity index (χ0) is 10.0. The van der Waals surface area contributed by atoms with Crippen LogP contribution in [0.4, 0.5) is 0 Å². The highest BCUT2D eigenvalue weighted by Gasteiger charge is 2.27. The van der Waals surface area contributed by atoms with Crippen LogP contribution in [0, 0.1) is 11.8 Å². The summed E-state index contributed by atoms with van der Waals surface area (Å²) in [7, 11) is 0. The Morgan fingerprint density at radius 2 is 1.77 bits per heavy atom. The van der Waals surface area contributed by atoms with E-state index in [9.17, 15) is 4.79 Å². The maximum Gasteiger partial charge on any atom is 0.255 e. The lowest BCUT2D eigenvalue weighted by Gasteiger charge is -2.35. The van der Waals surface area contributed by atoms with Gasteiger partial charge >= 0.3 is 0 Å². The summed E-state index contributed by atoms with van der Waals surface area (Å²) in [5, 5.41) is 0. The highest BCUT2D eigenvalue weighted by molar-refractivity contribution is 6.53. The summed E-state index contributed by atoms with van der Waals surface area (Å²) in [4.78, 5) is 12.3. The fraction of sp³-hybridized carbons (Fsp3) is 0.889. The third-order valence-corrected chi connectivity index (χ3v) is 2.74. The van der Waals surface area contributed by atoms with Gasteiger partial charge in [-0.15, -0.1) is 0 Å². The molecule has 0 bridgehead atoms. The Morgan fingerprint density at radius 3 is 2.15 bits per heavy atom. The molecule has 0 N–H and O–H groups in total. The van der Waals surface area contributed by atoms with Gasteiger partial charge < -0.3 is 4.90 Å². The molecule has 1 rings (SSSR count). The van der Waals surface area contributed by atoms with Crippen molar-refractivity contribution < 1.29 is 4.79 Å². The normalized spacial score (nSPS) is 29.5. The third kappa shape index (κ3) is 3.03. The van der Waals surface area contributed by atoms with Gasteiger partial charge in [0.15, 0.2) is 4.84 Å². The Hall–Kier alpha value is 0.0500. The predicted octanol–water partition coefficient (Wildman–Crippen LogP) is 2.29. The average Bonchev–Trinajstić information content (AvgIpc) is 2.01. The summed E-state index contributed by atoms with van der Waals surface area (Å²) in [6.07, 6.45) is 1.18. The summed E-state index contributed by atoms with van der Waals surface area (Å²) >= 11 is 11.1. The summed E-state index contributed by atoms with van der Waals surface area (Å²) in [5.74, 6) is 0.960. The molecule has 2 nitrogen and oxygen atoms in total. The minimum atomic E-state index is -0.905. The first kappa shape index (κ1) is 11.1. The fourth-order valence-corrected chi connectivity index (χ4v) is 2.26. The number of alkyl halides is 2. The zero-order valence-corrected chi connectivity index (χ0v) is 9.48. The number of carbonyl (C=O) groups excluding carboxylic acids is 1. The van der Waals surface area contributed by atoms with Crippen LogP contribution in [-0.4, -0.2) is 28.7 Å². The van der Waals surface area contributed by atoms with Crippen molar-refractivity contribution in [2.24, 2.45) is 11.8 Å². The van der Waals surface area contributed by atoms with E-state index in [-0.39, 0.29) is 5.91 Å². The van der Waals surface area contributed by atoms with Gasteiger partial charge in [0.25, 0.3) is 5.91 Å². The van der Waals surface area contributed by atoms with Gasteiger partial charge in [0.2, 0.25) is 0 Å². The van der Waals surface area contributed by atoms with Gasteiger partial charge in [0.05, 0.1) is 0 Å². The van der Waals surface area contributed by atoms with Gasteiger partial charge in [-0.1, -0.05) is 37.0 Å². The Balaban J connectivity index is 2.55. The van der Waals surface area contributed by atoms with Crippen LogP contribution in [0.2, 0.25) is 0 Å². The number of nitrogens with zero attached hydrogens (tertiary/aromatic N) is 1. The topological polar surface area (TPSA) is 20.3 Å². The Bertz CT molecular complexity index is 186. The monoisotopic (exact) mass is 223 g/mol. The molecule has 1 fully saturated rings. The molecule has 0 spiro atoms. The van der Waals surface area contributed by atoms with Crippen molar-refractivity contribution >= 4 is 29.1 Å². The number of hydrogen-bond acceptors (Lipinski definition) is 1. The van der Waals surface area contributed by atoms with Crippen molar-refractivity contribution in [3.8, 4) is 0 Å². The van der Waals surface area contributed by atoms with Crippen LogP contribution in [0.25, 0.3) is 0 Å². The number of carbonyl (C=O) groups is 1. The Labute approximate surface area is 89.2 Å². The number of piperidine rings is 1. The molecule has 1 aliphatic rings. The molecule has 0 unspecified atom stereocenters. The molecule has 1 aliphatic heterocycles. The van der Waals surface area contributed by atoms with Gasteiger partial charge in [-0.25, -0.2) is 0 Å². The lowest BCUT2D eigenvalue weighted by Crippen LogP contribution is -2.44. The van der Waals surface area contributed by atoms with Crippen molar-refractivity contribution in [3.63, 3.8) is 0 Å². The molecule has 2 atom stereocenters. The number of likely N-dealkylation sites (tertiary alicyclic amines) is 1. The maximum absolute atomic E-state index is 11.5. The van der Waals surface area contributed by atoms with E-state index in [4.69, 9.17) is 23.2 Å². The van der Waals surface area contributed by atoms with Gasteiger partial charge in [0, 0.05) is 13.1 Å². The molecule has 0 aromatic rings. The minimum Gasteiger partial charge on any atom is -0.340 e. The van der Waals surface area contributed by atoms with Crippen LogP contribution in [0.1, 0.15) is 20.3 Å². The van der Waals surface area contributed by atoms with Gasteiger partial charge in [-0.3, -0.25) is 4.79 Å². The van der Waals surface area contributed by atoms with Crippen LogP contribution in [0.15, 0.2) is 0 Å². The first-order valence-corrected chi connectivity index (χ1v) is 5.45. The van der Waals surface area contributed by atoms with Gasteiger partial charge in [-0.2, -0.15) is 0 Å². The summed E-state index contributed by atoms with van der Waals surface area (Å²) < 4.78 is 0. The fourth-order valence-electron chi connectivity index (χ4n) is 1.98. The molecule has 76 valence electrons. The number of amides is 1. The van der Waals surface area contributed by atoms with Gasteiger partial charge in [-0.05, 0) is 18.3 Å². The van der Waals surface area contributed by atoms with E-state index in [2.05, 4.69) is 13.8 Å². The largest absolute Gasteiger partial charge is 0.340 e. The molecule has 0 radical (unpaired) electrons. The van der Waals surface area contributed by atoms with Crippen molar-refractivity contribution in [1.82, 2.24) is 4.90 Å². The van der Waals surface area contributed by atoms with Crippen LogP contribution in [0.3, 0.4) is 0 Å². The standard InChI is InChI=1S/C9H15Cl2NO/c1-6-3-7(2)5-12(4-6)9(13)8(10)11/h6-8H,3-5H2,1-2H3/t6-,7-/m1/s1. The van der Waals surface area contributed by atoms with E-state index < -0.39 is 4.84 Å². The van der Waals surface area contributed by atoms with Crippen molar-refractivity contribution in [3.05, 3.63) is 0 Å². The lowest BCUT2D eigenvalue weighted by atomic mass is 9.92. The van der Waals surface area contributed by atoms with Crippen LogP contribution in [0.5, 0.6) is 0 Å². The lowest BCUT2D eigenvalue weighted by molar-refractivity contribution is -0.131. The number of hydrogen-bond donors (Lipinski definition) is 0. The average molecular weight is 224 g/mol. The molecule has 0 aromatic heterocycles. The molecule has 4 heteroatoms. The van der Waals surface area contributed by atoms with Crippen LogP contribution >= 0.6 is 23.2 Å². The highest BCUT2D eigenvalue weighted by Crippen LogP contribution is 2.22. The van der Waals surface area contributed by atoms with E-state index in [1.165, 1.54) is 6.42 Å². The zero-order valence-electron chi connectivity index (χ0n) is 7.96. The predicted molar refractivity (Wildman–Crippen MR) is 55.0 cm³/mol. The van der Waals surface area contributed by atoms with E-state index in [1.807, 2.05) is 0 Å². The van der Waals surface area contributed by atoms with Gasteiger partial charge in [0.1, 0.15) is 0 Å². The molecule has 1 heterocycles. The first-order valence-electron chi connectivity index (χ1n) is 4.57. The quantitative estimate of drug-likeness (QED) is 0.626. The van der Waals surface area contributed by atoms with E-state index in [1.54, 1.807) is 4.90 Å². The van der Waals surface area contributed by atoms with E-state index in [0.29, 0.717) is 11.8 Å². The van der Waals surface area contributed by atoms with Crippen molar-refractivity contribution in [2.45, 2.75) is 25.1 Å².